The molecule has 0 spiro atoms. The highest BCUT2D eigenvalue weighted by Gasteiger charge is 2.23. The van der Waals surface area contributed by atoms with Crippen LogP contribution in [0.3, 0.4) is 0 Å². The van der Waals surface area contributed by atoms with Gasteiger partial charge in [0.15, 0.2) is 17.3 Å². The number of amides is 2. The van der Waals surface area contributed by atoms with Crippen LogP contribution in [0.2, 0.25) is 0 Å². The van der Waals surface area contributed by atoms with Gasteiger partial charge in [0.1, 0.15) is 13.2 Å². The molecule has 8 heteroatoms. The van der Waals surface area contributed by atoms with E-state index in [-0.39, 0.29) is 12.1 Å². The van der Waals surface area contributed by atoms with Gasteiger partial charge in [0.05, 0.1) is 18.3 Å². The Morgan fingerprint density at radius 3 is 2.61 bits per heavy atom. The molecule has 150 valence electrons. The van der Waals surface area contributed by atoms with Crippen LogP contribution in [0.4, 0.5) is 4.79 Å². The Labute approximate surface area is 164 Å². The summed E-state index contributed by atoms with van der Waals surface area (Å²) >= 11 is 0. The first kappa shape index (κ1) is 18.6. The largest absolute Gasteiger partial charge is 0.486 e. The second-order valence-corrected chi connectivity index (χ2v) is 7.27. The van der Waals surface area contributed by atoms with Gasteiger partial charge in [-0.1, -0.05) is 11.2 Å². The lowest BCUT2D eigenvalue weighted by Gasteiger charge is -2.34. The molecule has 0 radical (unpaired) electrons. The van der Waals surface area contributed by atoms with Crippen LogP contribution >= 0.6 is 0 Å². The number of ether oxygens (including phenoxy) is 2. The SMILES string of the molecule is Cc1cc(CN2CCN(C(=O)NC(C)c3ccc4c(c3)OCCO4)CC2)on1. The summed E-state index contributed by atoms with van der Waals surface area (Å²) in [7, 11) is 0. The normalized spacial score (nSPS) is 18.0. The first-order valence-electron chi connectivity index (χ1n) is 9.68. The van der Waals surface area contributed by atoms with Gasteiger partial charge in [-0.05, 0) is 31.5 Å². The van der Waals surface area contributed by atoms with E-state index in [0.717, 1.165) is 48.2 Å². The molecule has 2 aromatic rings. The topological polar surface area (TPSA) is 80.1 Å². The number of nitrogens with zero attached hydrogens (tertiary/aromatic N) is 3. The van der Waals surface area contributed by atoms with Crippen molar-refractivity contribution in [2.75, 3.05) is 39.4 Å². The average Bonchev–Trinajstić information content (AvgIpc) is 3.12. The van der Waals surface area contributed by atoms with Crippen molar-refractivity contribution in [2.24, 2.45) is 0 Å². The zero-order chi connectivity index (χ0) is 19.5. The van der Waals surface area contributed by atoms with Crippen molar-refractivity contribution < 1.29 is 18.8 Å². The van der Waals surface area contributed by atoms with E-state index in [0.29, 0.717) is 26.3 Å². The van der Waals surface area contributed by atoms with Crippen LogP contribution < -0.4 is 14.8 Å². The monoisotopic (exact) mass is 386 g/mol. The first-order chi connectivity index (χ1) is 13.6. The highest BCUT2D eigenvalue weighted by atomic mass is 16.6. The van der Waals surface area contributed by atoms with E-state index in [1.165, 1.54) is 0 Å². The Hall–Kier alpha value is -2.74. The fraction of sp³-hybridized carbons (Fsp3) is 0.500. The van der Waals surface area contributed by atoms with Crippen LogP contribution in [-0.4, -0.2) is 60.4 Å². The molecule has 1 aromatic heterocycles. The van der Waals surface area contributed by atoms with Gasteiger partial charge in [0.2, 0.25) is 0 Å². The number of hydrogen-bond acceptors (Lipinski definition) is 6. The minimum absolute atomic E-state index is 0.0439. The number of nitrogens with one attached hydrogen (secondary N) is 1. The maximum Gasteiger partial charge on any atom is 0.317 e. The summed E-state index contributed by atoms with van der Waals surface area (Å²) in [5.74, 6) is 2.36. The molecule has 1 N–H and O–H groups in total. The Morgan fingerprint density at radius 2 is 1.89 bits per heavy atom. The molecule has 1 aromatic carbocycles. The van der Waals surface area contributed by atoms with Crippen LogP contribution in [0.15, 0.2) is 28.8 Å². The fourth-order valence-electron chi connectivity index (χ4n) is 3.51. The molecular weight excluding hydrogens is 360 g/mol. The number of urea groups is 1. The molecule has 1 atom stereocenters. The number of carbonyl (C=O) groups is 1. The predicted molar refractivity (Wildman–Crippen MR) is 102 cm³/mol. The molecular formula is C20H26N4O4. The molecule has 0 saturated carbocycles. The Balaban J connectivity index is 1.28. The van der Waals surface area contributed by atoms with Gasteiger partial charge in [-0.25, -0.2) is 4.79 Å². The van der Waals surface area contributed by atoms with Crippen molar-refractivity contribution in [3.8, 4) is 11.5 Å². The molecule has 2 aliphatic heterocycles. The Kier molecular flexibility index (Phi) is 5.38. The van der Waals surface area contributed by atoms with E-state index >= 15 is 0 Å². The van der Waals surface area contributed by atoms with Gasteiger partial charge in [0, 0.05) is 32.2 Å². The summed E-state index contributed by atoms with van der Waals surface area (Å²) in [4.78, 5) is 16.8. The molecule has 1 fully saturated rings. The average molecular weight is 386 g/mol. The van der Waals surface area contributed by atoms with Gasteiger partial charge in [-0.2, -0.15) is 0 Å². The van der Waals surface area contributed by atoms with E-state index in [2.05, 4.69) is 15.4 Å². The van der Waals surface area contributed by atoms with E-state index in [1.54, 1.807) is 0 Å². The molecule has 2 aliphatic rings. The zero-order valence-electron chi connectivity index (χ0n) is 16.3. The number of carbonyl (C=O) groups excluding carboxylic acids is 1. The number of fused-ring (bicyclic) bond motifs is 1. The minimum Gasteiger partial charge on any atom is -0.486 e. The molecule has 1 saturated heterocycles. The zero-order valence-corrected chi connectivity index (χ0v) is 16.3. The second-order valence-electron chi connectivity index (χ2n) is 7.27. The summed E-state index contributed by atoms with van der Waals surface area (Å²) in [6, 6.07) is 7.60. The molecule has 0 bridgehead atoms. The highest BCUT2D eigenvalue weighted by Crippen LogP contribution is 2.32. The third-order valence-electron chi connectivity index (χ3n) is 5.12. The lowest BCUT2D eigenvalue weighted by molar-refractivity contribution is 0.126. The van der Waals surface area contributed by atoms with Gasteiger partial charge >= 0.3 is 6.03 Å². The van der Waals surface area contributed by atoms with Crippen molar-refractivity contribution in [1.82, 2.24) is 20.3 Å². The quantitative estimate of drug-likeness (QED) is 0.869. The predicted octanol–water partition coefficient (Wildman–Crippen LogP) is 2.34. The number of benzene rings is 1. The molecule has 1 unspecified atom stereocenters. The van der Waals surface area contributed by atoms with Gasteiger partial charge in [-0.3, -0.25) is 4.90 Å². The lowest BCUT2D eigenvalue weighted by Crippen LogP contribution is -2.51. The molecule has 4 rings (SSSR count). The summed E-state index contributed by atoms with van der Waals surface area (Å²) in [5, 5.41) is 7.00. The number of aromatic nitrogens is 1. The van der Waals surface area contributed by atoms with E-state index in [1.807, 2.05) is 43.0 Å². The van der Waals surface area contributed by atoms with Crippen LogP contribution in [-0.2, 0) is 6.54 Å². The highest BCUT2D eigenvalue weighted by molar-refractivity contribution is 5.75. The maximum absolute atomic E-state index is 12.7. The molecule has 8 nitrogen and oxygen atoms in total. The maximum atomic E-state index is 12.7. The number of rotatable bonds is 4. The number of hydrogen-bond donors (Lipinski definition) is 1. The van der Waals surface area contributed by atoms with E-state index < -0.39 is 0 Å². The molecule has 2 amide bonds. The summed E-state index contributed by atoms with van der Waals surface area (Å²) in [6.07, 6.45) is 0. The van der Waals surface area contributed by atoms with Crippen molar-refractivity contribution in [3.63, 3.8) is 0 Å². The lowest BCUT2D eigenvalue weighted by atomic mass is 10.1. The standard InChI is InChI=1S/C20H26N4O4/c1-14-11-17(28-22-14)13-23-5-7-24(8-6-23)20(25)21-15(2)16-3-4-18-19(12-16)27-10-9-26-18/h3-4,11-12,15H,5-10,13H2,1-2H3,(H,21,25). The third kappa shape index (κ3) is 4.22. The summed E-state index contributed by atoms with van der Waals surface area (Å²) in [6.45, 7) is 8.74. The van der Waals surface area contributed by atoms with Crippen molar-refractivity contribution in [3.05, 3.63) is 41.3 Å². The third-order valence-corrected chi connectivity index (χ3v) is 5.12. The number of aryl methyl sites for hydroxylation is 1. The summed E-state index contributed by atoms with van der Waals surface area (Å²) in [5.41, 5.74) is 1.89. The van der Waals surface area contributed by atoms with Crippen molar-refractivity contribution in [1.29, 1.82) is 0 Å². The molecule has 3 heterocycles. The van der Waals surface area contributed by atoms with Crippen LogP contribution in [0.5, 0.6) is 11.5 Å². The van der Waals surface area contributed by atoms with Crippen LogP contribution in [0.1, 0.15) is 30.0 Å². The van der Waals surface area contributed by atoms with Gasteiger partial charge in [0.25, 0.3) is 0 Å². The van der Waals surface area contributed by atoms with E-state index in [9.17, 15) is 4.79 Å². The van der Waals surface area contributed by atoms with Crippen LogP contribution in [0, 0.1) is 6.92 Å². The van der Waals surface area contributed by atoms with Crippen LogP contribution in [0.25, 0.3) is 0 Å². The molecule has 0 aliphatic carbocycles. The second kappa shape index (κ2) is 8.10. The van der Waals surface area contributed by atoms with Gasteiger partial charge in [-0.15, -0.1) is 0 Å². The van der Waals surface area contributed by atoms with E-state index in [4.69, 9.17) is 14.0 Å². The summed E-state index contributed by atoms with van der Waals surface area (Å²) < 4.78 is 16.5. The Bertz CT molecular complexity index is 829. The first-order valence-corrected chi connectivity index (χ1v) is 9.68. The van der Waals surface area contributed by atoms with Crippen molar-refractivity contribution >= 4 is 6.03 Å². The molecule has 28 heavy (non-hydrogen) atoms. The van der Waals surface area contributed by atoms with Gasteiger partial charge < -0.3 is 24.2 Å². The minimum atomic E-state index is -0.112. The number of piperazine rings is 1. The smallest absolute Gasteiger partial charge is 0.317 e. The van der Waals surface area contributed by atoms with Crippen molar-refractivity contribution in [2.45, 2.75) is 26.4 Å². The Morgan fingerprint density at radius 1 is 1.14 bits per heavy atom. The fourth-order valence-corrected chi connectivity index (χ4v) is 3.51.